The number of hydrogen-bond donors (Lipinski definition) is 0. The van der Waals surface area contributed by atoms with Gasteiger partial charge < -0.3 is 0 Å². The summed E-state index contributed by atoms with van der Waals surface area (Å²) < 4.78 is 0. The lowest BCUT2D eigenvalue weighted by atomic mass is 10.2. The normalized spacial score (nSPS) is 8.14. The highest BCUT2D eigenvalue weighted by molar-refractivity contribution is 5.69. The minimum Gasteiger partial charge on any atom is -0.247 e. The van der Waals surface area contributed by atoms with Gasteiger partial charge in [0, 0.05) is 0 Å². The molecule has 0 rings (SSSR count). The number of carbonyl (C=O) groups is 1. The summed E-state index contributed by atoms with van der Waals surface area (Å²) in [6, 6.07) is 0. The highest BCUT2D eigenvalue weighted by Gasteiger charge is 1.95. The van der Waals surface area contributed by atoms with Crippen LogP contribution in [0.15, 0.2) is 12.2 Å². The molecule has 0 saturated carbocycles. The van der Waals surface area contributed by atoms with E-state index in [0.717, 1.165) is 0 Å². The first-order chi connectivity index (χ1) is 3.13. The summed E-state index contributed by atoms with van der Waals surface area (Å²) in [7, 11) is 0. The summed E-state index contributed by atoms with van der Waals surface area (Å²) in [6.45, 7) is 5.02. The molecule has 0 unspecified atom stereocenters. The largest absolute Gasteiger partial charge is 0.359 e. The fourth-order valence-corrected chi connectivity index (χ4v) is 0.246. The lowest BCUT2D eigenvalue weighted by Gasteiger charge is -1.83. The summed E-state index contributed by atoms with van der Waals surface area (Å²) in [5, 5.41) is 9.64. The maximum atomic E-state index is 9.64. The van der Waals surface area contributed by atoms with Gasteiger partial charge in [0.15, 0.2) is 0 Å². The molecule has 0 aliphatic rings. The molecule has 0 fully saturated rings. The summed E-state index contributed by atoms with van der Waals surface area (Å²) >= 11 is 0. The van der Waals surface area contributed by atoms with E-state index in [2.05, 4.69) is 6.58 Å². The molecule has 0 spiro atoms. The van der Waals surface area contributed by atoms with Crippen molar-refractivity contribution >= 4 is 5.97 Å². The predicted molar refractivity (Wildman–Crippen MR) is 25.1 cm³/mol. The van der Waals surface area contributed by atoms with E-state index in [-0.39, 0.29) is 6.42 Å². The maximum absolute atomic E-state index is 9.64. The second kappa shape index (κ2) is 2.39. The van der Waals surface area contributed by atoms with Crippen LogP contribution in [-0.2, 0) is 9.90 Å². The third kappa shape index (κ3) is 5.21. The zero-order valence-electron chi connectivity index (χ0n) is 4.23. The van der Waals surface area contributed by atoms with Gasteiger partial charge in [0.25, 0.3) is 0 Å². The smallest absolute Gasteiger partial charge is 0.247 e. The molecule has 0 aliphatic heterocycles. The molecular formula is C5H7O2. The molecule has 0 aliphatic carbocycles. The lowest BCUT2D eigenvalue weighted by Crippen LogP contribution is -1.90. The van der Waals surface area contributed by atoms with Crippen LogP contribution in [0.3, 0.4) is 0 Å². The van der Waals surface area contributed by atoms with E-state index < -0.39 is 5.97 Å². The molecule has 0 aromatic carbocycles. The van der Waals surface area contributed by atoms with Crippen molar-refractivity contribution in [2.75, 3.05) is 0 Å². The topological polar surface area (TPSA) is 37.0 Å². The zero-order valence-corrected chi connectivity index (χ0v) is 4.23. The Balaban J connectivity index is 3.32. The standard InChI is InChI=1S/C5H7O2/c1-4(2)3-5(6)7/h1,3H2,2H3. The van der Waals surface area contributed by atoms with Crippen LogP contribution in [0.1, 0.15) is 13.3 Å². The molecule has 1 radical (unpaired) electrons. The Hall–Kier alpha value is -0.790. The molecule has 0 N–H and O–H groups in total. The average molecular weight is 99.1 g/mol. The molecule has 0 bridgehead atoms. The summed E-state index contributed by atoms with van der Waals surface area (Å²) in [5.41, 5.74) is 0.625. The second-order valence-corrected chi connectivity index (χ2v) is 1.51. The summed E-state index contributed by atoms with van der Waals surface area (Å²) in [6.07, 6.45) is -0.0278. The van der Waals surface area contributed by atoms with Crippen molar-refractivity contribution in [1.29, 1.82) is 0 Å². The molecule has 2 heteroatoms. The van der Waals surface area contributed by atoms with E-state index in [1.54, 1.807) is 6.92 Å². The SMILES string of the molecule is C=C(C)CC([O])=O. The van der Waals surface area contributed by atoms with Gasteiger partial charge in [-0.25, -0.2) is 9.90 Å². The molecule has 0 saturated heterocycles. The number of hydrogen-bond acceptors (Lipinski definition) is 1. The predicted octanol–water partition coefficient (Wildman–Crippen LogP) is 0.910. The fourth-order valence-electron chi connectivity index (χ4n) is 0.246. The van der Waals surface area contributed by atoms with Crippen LogP contribution in [0.5, 0.6) is 0 Å². The molecule has 0 aromatic rings. The average Bonchev–Trinajstić information content (AvgIpc) is 1.27. The molecule has 0 aromatic heterocycles. The van der Waals surface area contributed by atoms with E-state index in [4.69, 9.17) is 0 Å². The molecule has 7 heavy (non-hydrogen) atoms. The van der Waals surface area contributed by atoms with E-state index in [0.29, 0.717) is 5.57 Å². The third-order valence-corrected chi connectivity index (χ3v) is 0.446. The minimum atomic E-state index is -1.06. The van der Waals surface area contributed by atoms with Crippen LogP contribution >= 0.6 is 0 Å². The van der Waals surface area contributed by atoms with E-state index in [1.165, 1.54) is 0 Å². The fraction of sp³-hybridized carbons (Fsp3) is 0.400. The van der Waals surface area contributed by atoms with Gasteiger partial charge in [0.1, 0.15) is 0 Å². The Labute approximate surface area is 42.5 Å². The Bertz CT molecular complexity index is 82.3. The van der Waals surface area contributed by atoms with Crippen LogP contribution < -0.4 is 0 Å². The molecule has 0 atom stereocenters. The highest BCUT2D eigenvalue weighted by atomic mass is 16.4. The first kappa shape index (κ1) is 6.21. The third-order valence-electron chi connectivity index (χ3n) is 0.446. The van der Waals surface area contributed by atoms with Gasteiger partial charge in [-0.2, -0.15) is 0 Å². The maximum Gasteiger partial charge on any atom is 0.359 e. The Morgan fingerprint density at radius 1 is 1.71 bits per heavy atom. The monoisotopic (exact) mass is 99.0 g/mol. The Morgan fingerprint density at radius 3 is 2.14 bits per heavy atom. The quantitative estimate of drug-likeness (QED) is 0.474. The molecule has 39 valence electrons. The first-order valence-corrected chi connectivity index (χ1v) is 1.97. The van der Waals surface area contributed by atoms with Crippen LogP contribution in [0.2, 0.25) is 0 Å². The number of carbonyl (C=O) groups excluding carboxylic acids is 1. The van der Waals surface area contributed by atoms with Crippen LogP contribution in [0, 0.1) is 0 Å². The molecule has 0 amide bonds. The van der Waals surface area contributed by atoms with Gasteiger partial charge in [-0.1, -0.05) is 12.2 Å². The van der Waals surface area contributed by atoms with Crippen molar-refractivity contribution in [1.82, 2.24) is 0 Å². The summed E-state index contributed by atoms with van der Waals surface area (Å²) in [5.74, 6) is -1.06. The van der Waals surface area contributed by atoms with E-state index in [1.807, 2.05) is 0 Å². The minimum absolute atomic E-state index is 0.0278. The van der Waals surface area contributed by atoms with E-state index >= 15 is 0 Å². The van der Waals surface area contributed by atoms with Gasteiger partial charge >= 0.3 is 5.97 Å². The lowest BCUT2D eigenvalue weighted by molar-refractivity contribution is -0.142. The van der Waals surface area contributed by atoms with Crippen molar-refractivity contribution in [2.24, 2.45) is 0 Å². The van der Waals surface area contributed by atoms with Gasteiger partial charge in [-0.3, -0.25) is 0 Å². The van der Waals surface area contributed by atoms with Gasteiger partial charge in [-0.15, -0.1) is 0 Å². The summed E-state index contributed by atoms with van der Waals surface area (Å²) in [4.78, 5) is 9.64. The van der Waals surface area contributed by atoms with E-state index in [9.17, 15) is 9.90 Å². The van der Waals surface area contributed by atoms with Crippen LogP contribution in [-0.4, -0.2) is 5.97 Å². The van der Waals surface area contributed by atoms with Crippen molar-refractivity contribution < 1.29 is 9.90 Å². The first-order valence-electron chi connectivity index (χ1n) is 1.97. The molecule has 0 heterocycles. The Kier molecular flexibility index (Phi) is 2.12. The molecule has 2 nitrogen and oxygen atoms in total. The Morgan fingerprint density at radius 2 is 2.14 bits per heavy atom. The van der Waals surface area contributed by atoms with Crippen molar-refractivity contribution in [3.8, 4) is 0 Å². The van der Waals surface area contributed by atoms with Gasteiger partial charge in [0.2, 0.25) is 0 Å². The highest BCUT2D eigenvalue weighted by Crippen LogP contribution is 1.92. The second-order valence-electron chi connectivity index (χ2n) is 1.51. The van der Waals surface area contributed by atoms with Crippen molar-refractivity contribution in [3.63, 3.8) is 0 Å². The van der Waals surface area contributed by atoms with Gasteiger partial charge in [0.05, 0.1) is 6.42 Å². The van der Waals surface area contributed by atoms with Gasteiger partial charge in [-0.05, 0) is 6.92 Å². The number of rotatable bonds is 2. The van der Waals surface area contributed by atoms with Crippen molar-refractivity contribution in [3.05, 3.63) is 12.2 Å². The zero-order chi connectivity index (χ0) is 5.86. The van der Waals surface area contributed by atoms with Crippen LogP contribution in [0.4, 0.5) is 0 Å². The molecular weight excluding hydrogens is 92.1 g/mol. The van der Waals surface area contributed by atoms with Crippen LogP contribution in [0.25, 0.3) is 0 Å². The van der Waals surface area contributed by atoms with Crippen molar-refractivity contribution in [2.45, 2.75) is 13.3 Å².